The lowest BCUT2D eigenvalue weighted by Crippen LogP contribution is -2.45. The van der Waals surface area contributed by atoms with Gasteiger partial charge in [-0.25, -0.2) is 8.42 Å². The van der Waals surface area contributed by atoms with E-state index in [0.717, 1.165) is 12.5 Å². The molecule has 0 radical (unpaired) electrons. The van der Waals surface area contributed by atoms with Crippen LogP contribution in [-0.2, 0) is 21.2 Å². The zero-order valence-corrected chi connectivity index (χ0v) is 19.7. The van der Waals surface area contributed by atoms with Crippen LogP contribution in [0.25, 0.3) is 0 Å². The third-order valence-electron chi connectivity index (χ3n) is 6.22. The van der Waals surface area contributed by atoms with Crippen LogP contribution in [0.2, 0.25) is 0 Å². The van der Waals surface area contributed by atoms with Gasteiger partial charge in [-0.15, -0.1) is 0 Å². The van der Waals surface area contributed by atoms with Crippen molar-refractivity contribution in [2.45, 2.75) is 57.2 Å². The van der Waals surface area contributed by atoms with Gasteiger partial charge in [-0.3, -0.25) is 4.79 Å². The molecule has 1 saturated heterocycles. The number of ketones is 1. The highest BCUT2D eigenvalue weighted by atomic mass is 32.2. The van der Waals surface area contributed by atoms with Crippen LogP contribution in [0.4, 0.5) is 13.2 Å². The van der Waals surface area contributed by atoms with Crippen LogP contribution < -0.4 is 4.74 Å². The Hall–Kier alpha value is -2.39. The zero-order valence-electron chi connectivity index (χ0n) is 18.9. The number of halogens is 3. The van der Waals surface area contributed by atoms with Gasteiger partial charge in [0.2, 0.25) is 10.0 Å². The normalized spacial score (nSPS) is 18.0. The van der Waals surface area contributed by atoms with Gasteiger partial charge >= 0.3 is 6.18 Å². The molecule has 1 unspecified atom stereocenters. The number of hydrogen-bond donors (Lipinski definition) is 0. The molecule has 0 aromatic heterocycles. The van der Waals surface area contributed by atoms with Crippen molar-refractivity contribution in [3.8, 4) is 5.75 Å². The molecule has 0 bridgehead atoms. The number of Topliss-reactive ketones (excluding diaryl/α,β-unsaturated/α-hetero) is 1. The average Bonchev–Trinajstić information content (AvgIpc) is 2.75. The molecule has 1 heterocycles. The molecule has 2 aromatic rings. The predicted octanol–water partition coefficient (Wildman–Crippen LogP) is 4.93. The topological polar surface area (TPSA) is 63.7 Å². The van der Waals surface area contributed by atoms with Crippen LogP contribution in [0.1, 0.15) is 37.8 Å². The van der Waals surface area contributed by atoms with E-state index in [1.165, 1.54) is 16.4 Å². The van der Waals surface area contributed by atoms with E-state index in [0.29, 0.717) is 18.4 Å². The fourth-order valence-electron chi connectivity index (χ4n) is 3.71. The number of carbonyl (C=O) groups is 1. The molecule has 5 nitrogen and oxygen atoms in total. The summed E-state index contributed by atoms with van der Waals surface area (Å²) in [4.78, 5) is 13.2. The Morgan fingerprint density at radius 1 is 1.06 bits per heavy atom. The average molecular weight is 484 g/mol. The van der Waals surface area contributed by atoms with Gasteiger partial charge in [0.1, 0.15) is 11.5 Å². The number of benzene rings is 2. The molecule has 0 amide bonds. The lowest BCUT2D eigenvalue weighted by Gasteiger charge is -2.37. The second-order valence-corrected chi connectivity index (χ2v) is 10.8. The Morgan fingerprint density at radius 3 is 2.12 bits per heavy atom. The van der Waals surface area contributed by atoms with Gasteiger partial charge in [-0.1, -0.05) is 36.8 Å². The number of aryl methyl sites for hydroxylation is 1. The fourth-order valence-corrected chi connectivity index (χ4v) is 5.16. The van der Waals surface area contributed by atoms with Crippen LogP contribution >= 0.6 is 0 Å². The summed E-state index contributed by atoms with van der Waals surface area (Å²) in [5.74, 6) is 0.0593. The first kappa shape index (κ1) is 25.2. The van der Waals surface area contributed by atoms with Crippen molar-refractivity contribution in [2.24, 2.45) is 5.41 Å². The third kappa shape index (κ3) is 5.95. The summed E-state index contributed by atoms with van der Waals surface area (Å²) < 4.78 is 70.0. The SMILES string of the molecule is Cc1ccc(S(=O)(=O)N2CCC(C)(C(=O)Cc3ccc(OC(C)C(F)(F)F)cc3)CC2)cc1. The Balaban J connectivity index is 1.60. The van der Waals surface area contributed by atoms with Crippen LogP contribution in [0.3, 0.4) is 0 Å². The second kappa shape index (κ2) is 9.46. The van der Waals surface area contributed by atoms with Gasteiger partial charge in [0.05, 0.1) is 4.90 Å². The van der Waals surface area contributed by atoms with Crippen LogP contribution in [0.15, 0.2) is 53.4 Å². The van der Waals surface area contributed by atoms with Crippen LogP contribution in [0.5, 0.6) is 5.75 Å². The molecule has 3 rings (SSSR count). The Kier molecular flexibility index (Phi) is 7.24. The van der Waals surface area contributed by atoms with Gasteiger partial charge in [-0.2, -0.15) is 17.5 Å². The number of nitrogens with zero attached hydrogens (tertiary/aromatic N) is 1. The van der Waals surface area contributed by atoms with E-state index in [4.69, 9.17) is 4.74 Å². The number of rotatable bonds is 7. The van der Waals surface area contributed by atoms with Crippen LogP contribution in [-0.4, -0.2) is 43.9 Å². The first-order chi connectivity index (χ1) is 15.3. The van der Waals surface area contributed by atoms with Crippen molar-refractivity contribution in [2.75, 3.05) is 13.1 Å². The van der Waals surface area contributed by atoms with Gasteiger partial charge in [0.15, 0.2) is 6.10 Å². The molecule has 1 aliphatic heterocycles. The maximum Gasteiger partial charge on any atom is 0.425 e. The van der Waals surface area contributed by atoms with Gasteiger partial charge in [0, 0.05) is 24.9 Å². The molecule has 1 fully saturated rings. The summed E-state index contributed by atoms with van der Waals surface area (Å²) in [6.07, 6.45) is -5.45. The maximum atomic E-state index is 13.0. The summed E-state index contributed by atoms with van der Waals surface area (Å²) in [6, 6.07) is 12.7. The highest BCUT2D eigenvalue weighted by Gasteiger charge is 2.40. The first-order valence-electron chi connectivity index (χ1n) is 10.7. The Bertz CT molecular complexity index is 1070. The number of ether oxygens (including phenoxy) is 1. The molecule has 0 spiro atoms. The summed E-state index contributed by atoms with van der Waals surface area (Å²) in [5.41, 5.74) is 0.974. The van der Waals surface area contributed by atoms with Crippen molar-refractivity contribution in [3.05, 3.63) is 59.7 Å². The molecule has 33 heavy (non-hydrogen) atoms. The van der Waals surface area contributed by atoms with Gasteiger partial charge in [-0.05, 0) is 56.5 Å². The molecule has 9 heteroatoms. The zero-order chi connectivity index (χ0) is 24.4. The molecule has 2 aromatic carbocycles. The van der Waals surface area contributed by atoms with E-state index in [1.807, 2.05) is 13.8 Å². The van der Waals surface area contributed by atoms with E-state index in [9.17, 15) is 26.4 Å². The summed E-state index contributed by atoms with van der Waals surface area (Å²) >= 11 is 0. The first-order valence-corrected chi connectivity index (χ1v) is 12.2. The number of sulfonamides is 1. The van der Waals surface area contributed by atoms with Crippen molar-refractivity contribution in [1.29, 1.82) is 0 Å². The van der Waals surface area contributed by atoms with E-state index < -0.39 is 27.7 Å². The quantitative estimate of drug-likeness (QED) is 0.560. The van der Waals surface area contributed by atoms with Crippen molar-refractivity contribution >= 4 is 15.8 Å². The van der Waals surface area contributed by atoms with Crippen molar-refractivity contribution in [1.82, 2.24) is 4.31 Å². The number of piperidine rings is 1. The Morgan fingerprint density at radius 2 is 1.61 bits per heavy atom. The van der Waals surface area contributed by atoms with Crippen molar-refractivity contribution in [3.63, 3.8) is 0 Å². The van der Waals surface area contributed by atoms with E-state index in [1.54, 1.807) is 36.4 Å². The molecule has 0 N–H and O–H groups in total. The molecule has 1 aliphatic rings. The van der Waals surface area contributed by atoms with E-state index >= 15 is 0 Å². The van der Waals surface area contributed by atoms with Crippen LogP contribution in [0, 0.1) is 12.3 Å². The monoisotopic (exact) mass is 483 g/mol. The standard InChI is InChI=1S/C24H28F3NO4S/c1-17-4-10-21(11-5-17)33(30,31)28-14-12-23(3,13-15-28)22(29)16-19-6-8-20(9-7-19)32-18(2)24(25,26)27/h4-11,18H,12-16H2,1-3H3. The molecule has 1 atom stereocenters. The molecule has 0 saturated carbocycles. The number of alkyl halides is 3. The lowest BCUT2D eigenvalue weighted by atomic mass is 9.75. The summed E-state index contributed by atoms with van der Waals surface area (Å²) in [7, 11) is -3.61. The van der Waals surface area contributed by atoms with Crippen molar-refractivity contribution < 1.29 is 31.1 Å². The molecular weight excluding hydrogens is 455 g/mol. The molecule has 0 aliphatic carbocycles. The highest BCUT2D eigenvalue weighted by molar-refractivity contribution is 7.89. The number of hydrogen-bond acceptors (Lipinski definition) is 4. The smallest absolute Gasteiger partial charge is 0.425 e. The minimum atomic E-state index is -4.45. The predicted molar refractivity (Wildman–Crippen MR) is 119 cm³/mol. The summed E-state index contributed by atoms with van der Waals surface area (Å²) in [6.45, 7) is 5.16. The summed E-state index contributed by atoms with van der Waals surface area (Å²) in [5, 5.41) is 0. The second-order valence-electron chi connectivity index (χ2n) is 8.82. The molecular formula is C24H28F3NO4S. The van der Waals surface area contributed by atoms with E-state index in [2.05, 4.69) is 0 Å². The minimum absolute atomic E-state index is 0.0211. The lowest BCUT2D eigenvalue weighted by molar-refractivity contribution is -0.189. The fraction of sp³-hybridized carbons (Fsp3) is 0.458. The minimum Gasteiger partial charge on any atom is -0.481 e. The number of carbonyl (C=O) groups excluding carboxylic acids is 1. The maximum absolute atomic E-state index is 13.0. The highest BCUT2D eigenvalue weighted by Crippen LogP contribution is 2.35. The van der Waals surface area contributed by atoms with Gasteiger partial charge in [0.25, 0.3) is 0 Å². The van der Waals surface area contributed by atoms with E-state index in [-0.39, 0.29) is 35.9 Å². The third-order valence-corrected chi connectivity index (χ3v) is 8.13. The van der Waals surface area contributed by atoms with Gasteiger partial charge < -0.3 is 4.74 Å². The molecule has 180 valence electrons. The Labute approximate surface area is 192 Å². The largest absolute Gasteiger partial charge is 0.481 e.